The van der Waals surface area contributed by atoms with Crippen LogP contribution in [0.4, 0.5) is 15.2 Å². The maximum atomic E-state index is 12.9. The van der Waals surface area contributed by atoms with Gasteiger partial charge in [-0.05, 0) is 37.1 Å². The van der Waals surface area contributed by atoms with Gasteiger partial charge >= 0.3 is 0 Å². The first-order valence-corrected chi connectivity index (χ1v) is 9.62. The van der Waals surface area contributed by atoms with Crippen molar-refractivity contribution in [3.05, 3.63) is 30.1 Å². The number of halogens is 1. The summed E-state index contributed by atoms with van der Waals surface area (Å²) in [6.07, 6.45) is 2.87. The van der Waals surface area contributed by atoms with Crippen LogP contribution in [0.25, 0.3) is 0 Å². The summed E-state index contributed by atoms with van der Waals surface area (Å²) in [7, 11) is 0. The summed E-state index contributed by atoms with van der Waals surface area (Å²) < 4.78 is 13.7. The van der Waals surface area contributed by atoms with Crippen LogP contribution in [0, 0.1) is 5.82 Å². The molecule has 1 aromatic carbocycles. The summed E-state index contributed by atoms with van der Waals surface area (Å²) in [5, 5.41) is 14.8. The lowest BCUT2D eigenvalue weighted by Gasteiger charge is -2.12. The van der Waals surface area contributed by atoms with Crippen molar-refractivity contribution in [3.63, 3.8) is 0 Å². The predicted molar refractivity (Wildman–Crippen MR) is 98.3 cm³/mol. The van der Waals surface area contributed by atoms with E-state index in [-0.39, 0.29) is 17.0 Å². The molecule has 0 bridgehead atoms. The molecule has 1 heterocycles. The summed E-state index contributed by atoms with van der Waals surface area (Å²) in [6, 6.07) is 5.74. The first kappa shape index (κ1) is 18.7. The van der Waals surface area contributed by atoms with Gasteiger partial charge in [0.2, 0.25) is 11.0 Å². The van der Waals surface area contributed by atoms with Gasteiger partial charge < -0.3 is 10.6 Å². The molecule has 0 aliphatic heterocycles. The minimum Gasteiger partial charge on any atom is -0.360 e. The molecule has 0 spiro atoms. The number of amides is 1. The molecular formula is C16H21FN4OS2. The Kier molecular flexibility index (Phi) is 7.45. The molecule has 0 radical (unpaired) electrons. The van der Waals surface area contributed by atoms with Crippen LogP contribution in [0.15, 0.2) is 28.6 Å². The average Bonchev–Trinajstić information content (AvgIpc) is 3.02. The third-order valence-electron chi connectivity index (χ3n) is 3.23. The van der Waals surface area contributed by atoms with E-state index in [1.165, 1.54) is 35.2 Å². The number of aromatic nitrogens is 2. The van der Waals surface area contributed by atoms with Gasteiger partial charge in [-0.2, -0.15) is 0 Å². The van der Waals surface area contributed by atoms with Crippen molar-refractivity contribution in [3.8, 4) is 0 Å². The smallest absolute Gasteiger partial charge is 0.237 e. The molecule has 1 atom stereocenters. The van der Waals surface area contributed by atoms with Crippen LogP contribution in [-0.4, -0.2) is 27.9 Å². The van der Waals surface area contributed by atoms with Crippen molar-refractivity contribution in [1.82, 2.24) is 10.2 Å². The first-order valence-electron chi connectivity index (χ1n) is 7.92. The molecule has 8 heteroatoms. The number of benzene rings is 1. The zero-order chi connectivity index (χ0) is 17.4. The normalized spacial score (nSPS) is 12.0. The van der Waals surface area contributed by atoms with Gasteiger partial charge in [0.05, 0.1) is 5.25 Å². The van der Waals surface area contributed by atoms with Crippen LogP contribution in [0.1, 0.15) is 33.1 Å². The number of hydrogen-bond acceptors (Lipinski definition) is 6. The number of anilines is 2. The van der Waals surface area contributed by atoms with Crippen LogP contribution in [0.2, 0.25) is 0 Å². The molecule has 1 aromatic heterocycles. The van der Waals surface area contributed by atoms with Gasteiger partial charge in [-0.3, -0.25) is 4.79 Å². The van der Waals surface area contributed by atoms with E-state index >= 15 is 0 Å². The zero-order valence-corrected chi connectivity index (χ0v) is 15.3. The van der Waals surface area contributed by atoms with E-state index in [4.69, 9.17) is 0 Å². The molecule has 0 aliphatic rings. The third kappa shape index (κ3) is 5.76. The van der Waals surface area contributed by atoms with Gasteiger partial charge in [0.1, 0.15) is 5.82 Å². The third-order valence-corrected chi connectivity index (χ3v) is 5.56. The van der Waals surface area contributed by atoms with E-state index in [2.05, 4.69) is 27.8 Å². The SMILES string of the molecule is CCCCNc1nnc(SC(CC)C(=O)Nc2ccc(F)cc2)s1. The second-order valence-corrected chi connectivity index (χ2v) is 7.59. The maximum absolute atomic E-state index is 12.9. The molecule has 130 valence electrons. The lowest BCUT2D eigenvalue weighted by atomic mass is 10.2. The number of hydrogen-bond donors (Lipinski definition) is 2. The molecule has 0 aliphatic carbocycles. The summed E-state index contributed by atoms with van der Waals surface area (Å²) in [4.78, 5) is 12.4. The van der Waals surface area contributed by atoms with Crippen molar-refractivity contribution >= 4 is 39.8 Å². The molecule has 0 saturated heterocycles. The Morgan fingerprint density at radius 1 is 1.29 bits per heavy atom. The maximum Gasteiger partial charge on any atom is 0.237 e. The highest BCUT2D eigenvalue weighted by Crippen LogP contribution is 2.31. The number of thioether (sulfide) groups is 1. The second kappa shape index (κ2) is 9.58. The summed E-state index contributed by atoms with van der Waals surface area (Å²) in [5.41, 5.74) is 0.583. The van der Waals surface area contributed by atoms with Gasteiger partial charge in [-0.1, -0.05) is 43.4 Å². The average molecular weight is 369 g/mol. The second-order valence-electron chi connectivity index (χ2n) is 5.16. The number of rotatable bonds is 9. The number of nitrogens with one attached hydrogen (secondary N) is 2. The first-order chi connectivity index (χ1) is 11.6. The fourth-order valence-electron chi connectivity index (χ4n) is 1.90. The van der Waals surface area contributed by atoms with Gasteiger partial charge in [-0.25, -0.2) is 4.39 Å². The molecule has 0 fully saturated rings. The van der Waals surface area contributed by atoms with Gasteiger partial charge in [-0.15, -0.1) is 10.2 Å². The molecule has 1 unspecified atom stereocenters. The molecular weight excluding hydrogens is 347 g/mol. The molecule has 2 N–H and O–H groups in total. The van der Waals surface area contributed by atoms with Gasteiger partial charge in [0.15, 0.2) is 4.34 Å². The Morgan fingerprint density at radius 2 is 2.04 bits per heavy atom. The lowest BCUT2D eigenvalue weighted by Crippen LogP contribution is -2.24. The standard InChI is InChI=1S/C16H21FN4OS2/c1-3-5-10-18-15-20-21-16(24-15)23-13(4-2)14(22)19-12-8-6-11(17)7-9-12/h6-9,13H,3-5,10H2,1-2H3,(H,18,20)(H,19,22). The van der Waals surface area contributed by atoms with E-state index < -0.39 is 0 Å². The molecule has 2 rings (SSSR count). The number of nitrogens with zero attached hydrogens (tertiary/aromatic N) is 2. The van der Waals surface area contributed by atoms with Gasteiger partial charge in [0, 0.05) is 12.2 Å². The van der Waals surface area contributed by atoms with E-state index in [1.807, 2.05) is 6.92 Å². The molecule has 24 heavy (non-hydrogen) atoms. The summed E-state index contributed by atoms with van der Waals surface area (Å²) in [6.45, 7) is 4.95. The van der Waals surface area contributed by atoms with Crippen molar-refractivity contribution in [2.75, 3.05) is 17.2 Å². The predicted octanol–water partition coefficient (Wildman–Crippen LogP) is 4.40. The monoisotopic (exact) mass is 368 g/mol. The molecule has 1 amide bonds. The molecule has 5 nitrogen and oxygen atoms in total. The minimum atomic E-state index is -0.327. The number of carbonyl (C=O) groups excluding carboxylic acids is 1. The number of unbranched alkanes of at least 4 members (excludes halogenated alkanes) is 1. The van der Waals surface area contributed by atoms with Crippen LogP contribution in [0.5, 0.6) is 0 Å². The van der Waals surface area contributed by atoms with E-state index in [0.29, 0.717) is 12.1 Å². The van der Waals surface area contributed by atoms with E-state index in [1.54, 1.807) is 12.1 Å². The highest BCUT2D eigenvalue weighted by Gasteiger charge is 2.20. The van der Waals surface area contributed by atoms with Crippen LogP contribution in [0.3, 0.4) is 0 Å². The quantitative estimate of drug-likeness (QED) is 0.507. The van der Waals surface area contributed by atoms with Crippen molar-refractivity contribution < 1.29 is 9.18 Å². The topological polar surface area (TPSA) is 66.9 Å². The Balaban J connectivity index is 1.90. The van der Waals surface area contributed by atoms with Crippen LogP contribution < -0.4 is 10.6 Å². The van der Waals surface area contributed by atoms with Crippen LogP contribution >= 0.6 is 23.1 Å². The fraction of sp³-hybridized carbons (Fsp3) is 0.438. The lowest BCUT2D eigenvalue weighted by molar-refractivity contribution is -0.115. The number of carbonyl (C=O) groups is 1. The Hall–Kier alpha value is -1.67. The Labute approximate surface area is 149 Å². The molecule has 2 aromatic rings. The summed E-state index contributed by atoms with van der Waals surface area (Å²) >= 11 is 2.85. The van der Waals surface area contributed by atoms with Crippen molar-refractivity contribution in [1.29, 1.82) is 0 Å². The van der Waals surface area contributed by atoms with E-state index in [9.17, 15) is 9.18 Å². The zero-order valence-electron chi connectivity index (χ0n) is 13.7. The highest BCUT2D eigenvalue weighted by atomic mass is 32.2. The van der Waals surface area contributed by atoms with Crippen LogP contribution in [-0.2, 0) is 4.79 Å². The highest BCUT2D eigenvalue weighted by molar-refractivity contribution is 8.02. The molecule has 0 saturated carbocycles. The largest absolute Gasteiger partial charge is 0.360 e. The van der Waals surface area contributed by atoms with E-state index in [0.717, 1.165) is 28.9 Å². The Bertz CT molecular complexity index is 648. The van der Waals surface area contributed by atoms with Gasteiger partial charge in [0.25, 0.3) is 0 Å². The fourth-order valence-corrected chi connectivity index (χ4v) is 3.85. The minimum absolute atomic E-state index is 0.121. The van der Waals surface area contributed by atoms with Crippen molar-refractivity contribution in [2.24, 2.45) is 0 Å². The summed E-state index contributed by atoms with van der Waals surface area (Å²) in [5.74, 6) is -0.448. The Morgan fingerprint density at radius 3 is 2.71 bits per heavy atom. The van der Waals surface area contributed by atoms with Crippen molar-refractivity contribution in [2.45, 2.75) is 42.7 Å².